The Balaban J connectivity index is 1.49. The highest BCUT2D eigenvalue weighted by molar-refractivity contribution is 7.18. The van der Waals surface area contributed by atoms with Crippen molar-refractivity contribution < 1.29 is 4.74 Å². The second-order valence-corrected chi connectivity index (χ2v) is 6.88. The molecule has 2 heterocycles. The Labute approximate surface area is 152 Å². The maximum atomic E-state index is 6.08. The Bertz CT molecular complexity index is 942. The summed E-state index contributed by atoms with van der Waals surface area (Å²) >= 11 is 13.7. The number of hydrogen-bond donors (Lipinski definition) is 0. The Hall–Kier alpha value is -2.08. The third kappa shape index (κ3) is 2.98. The zero-order valence-electron chi connectivity index (χ0n) is 12.3. The molecule has 0 N–H and O–H groups in total. The van der Waals surface area contributed by atoms with Crippen molar-refractivity contribution >= 4 is 44.8 Å². The summed E-state index contributed by atoms with van der Waals surface area (Å²) in [5.74, 6) is 0.755. The van der Waals surface area contributed by atoms with Crippen LogP contribution in [0.25, 0.3) is 15.9 Å². The van der Waals surface area contributed by atoms with Gasteiger partial charge in [-0.15, -0.1) is 11.3 Å². The monoisotopic (exact) mass is 375 g/mol. The Morgan fingerprint density at radius 1 is 1.04 bits per heavy atom. The number of thiazole rings is 1. The summed E-state index contributed by atoms with van der Waals surface area (Å²) in [5.41, 5.74) is 1.83. The molecule has 0 amide bonds. The minimum Gasteiger partial charge on any atom is -0.486 e. The van der Waals surface area contributed by atoms with Crippen molar-refractivity contribution in [1.29, 1.82) is 0 Å². The van der Waals surface area contributed by atoms with Crippen molar-refractivity contribution in [2.24, 2.45) is 0 Å². The number of benzene rings is 2. The lowest BCUT2D eigenvalue weighted by Gasteiger charge is -2.08. The summed E-state index contributed by atoms with van der Waals surface area (Å²) in [7, 11) is 0. The number of fused-ring (bicyclic) bond motifs is 1. The van der Waals surface area contributed by atoms with E-state index in [1.54, 1.807) is 15.9 Å². The SMILES string of the molecule is Clc1cnc(Cl)n1-c1ccc(OCc2nc3ccccc3s2)cc1. The molecule has 2 aromatic carbocycles. The fraction of sp³-hybridized carbons (Fsp3) is 0.0588. The number of imidazole rings is 1. The van der Waals surface area contributed by atoms with E-state index in [4.69, 9.17) is 27.9 Å². The normalized spacial score (nSPS) is 11.1. The van der Waals surface area contributed by atoms with Crippen molar-refractivity contribution in [3.05, 3.63) is 70.2 Å². The molecule has 0 spiro atoms. The molecule has 0 radical (unpaired) electrons. The molecular formula is C17H11Cl2N3OS. The van der Waals surface area contributed by atoms with Gasteiger partial charge < -0.3 is 4.74 Å². The molecule has 0 aliphatic carbocycles. The summed E-state index contributed by atoms with van der Waals surface area (Å²) in [5, 5.41) is 1.73. The Kier molecular flexibility index (Phi) is 4.14. The van der Waals surface area contributed by atoms with Gasteiger partial charge in [-0.3, -0.25) is 4.57 Å². The lowest BCUT2D eigenvalue weighted by atomic mass is 10.3. The first-order valence-electron chi connectivity index (χ1n) is 7.17. The van der Waals surface area contributed by atoms with Gasteiger partial charge in [0.1, 0.15) is 22.5 Å². The standard InChI is InChI=1S/C17H11Cl2N3OS/c18-15-9-20-17(19)22(15)11-5-7-12(8-6-11)23-10-16-21-13-3-1-2-4-14(13)24-16/h1-9H,10H2. The van der Waals surface area contributed by atoms with Crippen LogP contribution in [0.15, 0.2) is 54.7 Å². The van der Waals surface area contributed by atoms with Gasteiger partial charge in [0.2, 0.25) is 5.28 Å². The van der Waals surface area contributed by atoms with E-state index in [1.165, 1.54) is 6.20 Å². The fourth-order valence-electron chi connectivity index (χ4n) is 2.36. The van der Waals surface area contributed by atoms with Crippen molar-refractivity contribution in [2.75, 3.05) is 0 Å². The predicted octanol–water partition coefficient (Wildman–Crippen LogP) is 5.37. The Morgan fingerprint density at radius 3 is 2.54 bits per heavy atom. The van der Waals surface area contributed by atoms with E-state index in [2.05, 4.69) is 16.0 Å². The van der Waals surface area contributed by atoms with Crippen LogP contribution in [0.5, 0.6) is 5.75 Å². The van der Waals surface area contributed by atoms with Gasteiger partial charge in [0, 0.05) is 5.69 Å². The number of rotatable bonds is 4. The molecule has 0 aliphatic rings. The first kappa shape index (κ1) is 15.4. The summed E-state index contributed by atoms with van der Waals surface area (Å²) in [4.78, 5) is 8.53. The van der Waals surface area contributed by atoms with Gasteiger partial charge >= 0.3 is 0 Å². The zero-order valence-corrected chi connectivity index (χ0v) is 14.6. The van der Waals surface area contributed by atoms with Crippen LogP contribution in [-0.2, 0) is 6.61 Å². The molecule has 2 aromatic heterocycles. The molecule has 0 atom stereocenters. The molecule has 0 unspecified atom stereocenters. The number of aromatic nitrogens is 3. The maximum absolute atomic E-state index is 6.08. The number of nitrogens with zero attached hydrogens (tertiary/aromatic N) is 3. The van der Waals surface area contributed by atoms with Crippen LogP contribution in [-0.4, -0.2) is 14.5 Å². The van der Waals surface area contributed by atoms with Crippen LogP contribution in [0.4, 0.5) is 0 Å². The first-order chi connectivity index (χ1) is 11.7. The molecule has 4 aromatic rings. The maximum Gasteiger partial charge on any atom is 0.208 e. The zero-order chi connectivity index (χ0) is 16.5. The molecule has 0 saturated carbocycles. The van der Waals surface area contributed by atoms with Crippen LogP contribution >= 0.6 is 34.5 Å². The van der Waals surface area contributed by atoms with Crippen LogP contribution < -0.4 is 4.74 Å². The number of ether oxygens (including phenoxy) is 1. The molecule has 7 heteroatoms. The molecule has 0 fully saturated rings. The lowest BCUT2D eigenvalue weighted by molar-refractivity contribution is 0.306. The molecule has 0 saturated heterocycles. The topological polar surface area (TPSA) is 39.9 Å². The van der Waals surface area contributed by atoms with E-state index in [-0.39, 0.29) is 0 Å². The molecule has 0 bridgehead atoms. The molecule has 4 nitrogen and oxygen atoms in total. The van der Waals surface area contributed by atoms with Gasteiger partial charge in [0.25, 0.3) is 0 Å². The van der Waals surface area contributed by atoms with Crippen LogP contribution in [0, 0.1) is 0 Å². The van der Waals surface area contributed by atoms with Crippen molar-refractivity contribution in [1.82, 2.24) is 14.5 Å². The fourth-order valence-corrected chi connectivity index (χ4v) is 3.75. The third-order valence-corrected chi connectivity index (χ3v) is 5.01. The lowest BCUT2D eigenvalue weighted by Crippen LogP contribution is -1.97. The molecule has 24 heavy (non-hydrogen) atoms. The van der Waals surface area contributed by atoms with E-state index < -0.39 is 0 Å². The molecule has 120 valence electrons. The van der Waals surface area contributed by atoms with Crippen molar-refractivity contribution in [3.8, 4) is 11.4 Å². The number of halogens is 2. The van der Waals surface area contributed by atoms with Gasteiger partial charge in [-0.1, -0.05) is 23.7 Å². The van der Waals surface area contributed by atoms with Gasteiger partial charge in [-0.2, -0.15) is 0 Å². The third-order valence-electron chi connectivity index (χ3n) is 3.47. The molecule has 4 rings (SSSR count). The minimum absolute atomic E-state index is 0.322. The summed E-state index contributed by atoms with van der Waals surface area (Å²) in [6, 6.07) is 15.6. The second-order valence-electron chi connectivity index (χ2n) is 5.04. The average molecular weight is 376 g/mol. The minimum atomic E-state index is 0.322. The highest BCUT2D eigenvalue weighted by Gasteiger charge is 2.09. The highest BCUT2D eigenvalue weighted by atomic mass is 35.5. The smallest absolute Gasteiger partial charge is 0.208 e. The van der Waals surface area contributed by atoms with Gasteiger partial charge in [-0.25, -0.2) is 9.97 Å². The second kappa shape index (κ2) is 6.43. The van der Waals surface area contributed by atoms with E-state index in [0.717, 1.165) is 26.7 Å². The van der Waals surface area contributed by atoms with E-state index in [9.17, 15) is 0 Å². The van der Waals surface area contributed by atoms with Gasteiger partial charge in [-0.05, 0) is 48.0 Å². The number of para-hydroxylation sites is 1. The van der Waals surface area contributed by atoms with Gasteiger partial charge in [0.05, 0.1) is 16.4 Å². The van der Waals surface area contributed by atoms with Crippen LogP contribution in [0.1, 0.15) is 5.01 Å². The van der Waals surface area contributed by atoms with E-state index in [1.807, 2.05) is 42.5 Å². The van der Waals surface area contributed by atoms with E-state index >= 15 is 0 Å². The Morgan fingerprint density at radius 2 is 1.83 bits per heavy atom. The highest BCUT2D eigenvalue weighted by Crippen LogP contribution is 2.25. The van der Waals surface area contributed by atoms with Crippen LogP contribution in [0.2, 0.25) is 10.4 Å². The first-order valence-corrected chi connectivity index (χ1v) is 8.74. The van der Waals surface area contributed by atoms with Crippen molar-refractivity contribution in [3.63, 3.8) is 0 Å². The summed E-state index contributed by atoms with van der Waals surface area (Å²) in [6.07, 6.45) is 1.52. The van der Waals surface area contributed by atoms with E-state index in [0.29, 0.717) is 17.0 Å². The summed E-state index contributed by atoms with van der Waals surface area (Å²) in [6.45, 7) is 0.436. The van der Waals surface area contributed by atoms with Crippen LogP contribution in [0.3, 0.4) is 0 Å². The van der Waals surface area contributed by atoms with Gasteiger partial charge in [0.15, 0.2) is 0 Å². The quantitative estimate of drug-likeness (QED) is 0.481. The predicted molar refractivity (Wildman–Crippen MR) is 97.5 cm³/mol. The van der Waals surface area contributed by atoms with Crippen molar-refractivity contribution in [2.45, 2.75) is 6.61 Å². The number of hydrogen-bond acceptors (Lipinski definition) is 4. The molecule has 0 aliphatic heterocycles. The summed E-state index contributed by atoms with van der Waals surface area (Å²) < 4.78 is 8.63. The average Bonchev–Trinajstić information content (AvgIpc) is 3.16. The molecular weight excluding hydrogens is 365 g/mol. The largest absolute Gasteiger partial charge is 0.486 e.